The summed E-state index contributed by atoms with van der Waals surface area (Å²) in [6, 6.07) is -0.408. The average Bonchev–Trinajstić information content (AvgIpc) is 3.05. The molecule has 0 bridgehead atoms. The second-order valence-electron chi connectivity index (χ2n) is 8.95. The van der Waals surface area contributed by atoms with Crippen LogP contribution in [0.4, 0.5) is 0 Å². The van der Waals surface area contributed by atoms with Crippen LogP contribution < -0.4 is 10.6 Å². The fourth-order valence-electron chi connectivity index (χ4n) is 5.58. The Hall–Kier alpha value is -1.89. The number of nitrogens with zero attached hydrogens (tertiary/aromatic N) is 1. The van der Waals surface area contributed by atoms with Crippen LogP contribution in [0.15, 0.2) is 12.2 Å². The fraction of sp³-hybridized carbons (Fsp3) is 0.783. The maximum Gasteiger partial charge on any atom is 0.243 e. The predicted molar refractivity (Wildman–Crippen MR) is 114 cm³/mol. The SMILES string of the molecule is CC[C@@H]1C=C[C@H]2[C@H](C(=O)N(CCCCO)[C@@H]2C(=O)NC2CCCCC2)[C@@H]1C(=O)NC. The summed E-state index contributed by atoms with van der Waals surface area (Å²) < 4.78 is 0. The van der Waals surface area contributed by atoms with Gasteiger partial charge in [-0.05, 0) is 38.0 Å². The monoisotopic (exact) mass is 419 g/mol. The molecule has 2 aliphatic carbocycles. The standard InChI is InChI=1S/C23H37N3O4/c1-3-15-11-12-17-19(18(15)21(28)24-2)23(30)26(13-7-8-14-27)20(17)22(29)25-16-9-5-4-6-10-16/h11-12,15-20,27H,3-10,13-14H2,1-2H3,(H,24,28)(H,25,29)/t15-,17+,18-,19+,20+/m1/s1. The molecule has 7 heteroatoms. The summed E-state index contributed by atoms with van der Waals surface area (Å²) in [6.45, 7) is 2.52. The van der Waals surface area contributed by atoms with E-state index < -0.39 is 17.9 Å². The number of carbonyl (C=O) groups is 3. The van der Waals surface area contributed by atoms with Crippen molar-refractivity contribution in [3.8, 4) is 0 Å². The third-order valence-electron chi connectivity index (χ3n) is 7.16. The van der Waals surface area contributed by atoms with Crippen LogP contribution >= 0.6 is 0 Å². The van der Waals surface area contributed by atoms with E-state index in [1.165, 1.54) is 6.42 Å². The largest absolute Gasteiger partial charge is 0.396 e. The average molecular weight is 420 g/mol. The predicted octanol–water partition coefficient (Wildman–Crippen LogP) is 1.61. The second kappa shape index (κ2) is 10.4. The number of allylic oxidation sites excluding steroid dienone is 1. The summed E-state index contributed by atoms with van der Waals surface area (Å²) in [5.74, 6) is -1.57. The number of nitrogens with one attached hydrogen (secondary N) is 2. The van der Waals surface area contributed by atoms with Gasteiger partial charge in [-0.25, -0.2) is 0 Å². The van der Waals surface area contributed by atoms with Gasteiger partial charge < -0.3 is 20.6 Å². The Labute approximate surface area is 179 Å². The number of hydrogen-bond acceptors (Lipinski definition) is 4. The lowest BCUT2D eigenvalue weighted by molar-refractivity contribution is -0.141. The number of hydrogen-bond donors (Lipinski definition) is 3. The smallest absolute Gasteiger partial charge is 0.243 e. The number of amides is 3. The van der Waals surface area contributed by atoms with Gasteiger partial charge in [0.25, 0.3) is 0 Å². The first-order chi connectivity index (χ1) is 14.5. The molecule has 0 radical (unpaired) electrons. The van der Waals surface area contributed by atoms with E-state index in [0.717, 1.165) is 32.1 Å². The maximum absolute atomic E-state index is 13.5. The van der Waals surface area contributed by atoms with Gasteiger partial charge in [0.2, 0.25) is 17.7 Å². The first-order valence-electron chi connectivity index (χ1n) is 11.6. The minimum atomic E-state index is -0.579. The quantitative estimate of drug-likeness (QED) is 0.411. The number of aliphatic hydroxyl groups is 1. The summed E-state index contributed by atoms with van der Waals surface area (Å²) in [4.78, 5) is 41.3. The Balaban J connectivity index is 1.88. The number of fused-ring (bicyclic) bond motifs is 1. The van der Waals surface area contributed by atoms with Gasteiger partial charge in [-0.1, -0.05) is 38.3 Å². The molecule has 0 aromatic carbocycles. The number of likely N-dealkylation sites (tertiary alicyclic amines) is 1. The van der Waals surface area contributed by atoms with Crippen molar-refractivity contribution in [2.45, 2.75) is 70.4 Å². The van der Waals surface area contributed by atoms with Crippen molar-refractivity contribution in [3.05, 3.63) is 12.2 Å². The summed E-state index contributed by atoms with van der Waals surface area (Å²) in [5, 5.41) is 15.1. The third-order valence-corrected chi connectivity index (χ3v) is 7.16. The van der Waals surface area contributed by atoms with Gasteiger partial charge in [0, 0.05) is 32.2 Å². The molecular formula is C23H37N3O4. The van der Waals surface area contributed by atoms with Gasteiger partial charge in [0.1, 0.15) is 6.04 Å². The molecule has 3 rings (SSSR count). The zero-order chi connectivity index (χ0) is 21.7. The van der Waals surface area contributed by atoms with Gasteiger partial charge in [-0.15, -0.1) is 0 Å². The number of unbranched alkanes of at least 4 members (excludes halogenated alkanes) is 1. The normalized spacial score (nSPS) is 31.5. The van der Waals surface area contributed by atoms with Crippen LogP contribution in [0.25, 0.3) is 0 Å². The van der Waals surface area contributed by atoms with Crippen molar-refractivity contribution >= 4 is 17.7 Å². The van der Waals surface area contributed by atoms with Crippen molar-refractivity contribution in [3.63, 3.8) is 0 Å². The van der Waals surface area contributed by atoms with Crippen molar-refractivity contribution in [1.29, 1.82) is 0 Å². The summed E-state index contributed by atoms with van der Waals surface area (Å²) >= 11 is 0. The van der Waals surface area contributed by atoms with E-state index in [4.69, 9.17) is 0 Å². The van der Waals surface area contributed by atoms with Crippen LogP contribution in [-0.2, 0) is 14.4 Å². The van der Waals surface area contributed by atoms with Gasteiger partial charge in [-0.2, -0.15) is 0 Å². The maximum atomic E-state index is 13.5. The molecule has 0 spiro atoms. The van der Waals surface area contributed by atoms with E-state index in [1.54, 1.807) is 11.9 Å². The van der Waals surface area contributed by atoms with Gasteiger partial charge >= 0.3 is 0 Å². The van der Waals surface area contributed by atoms with Crippen LogP contribution in [-0.4, -0.2) is 60.0 Å². The Morgan fingerprint density at radius 1 is 1.13 bits per heavy atom. The molecule has 7 nitrogen and oxygen atoms in total. The Kier molecular flexibility index (Phi) is 7.92. The molecule has 1 saturated carbocycles. The fourth-order valence-corrected chi connectivity index (χ4v) is 5.58. The Bertz CT molecular complexity index is 659. The van der Waals surface area contributed by atoms with E-state index in [1.807, 2.05) is 19.1 Å². The van der Waals surface area contributed by atoms with E-state index in [-0.39, 0.29) is 42.2 Å². The summed E-state index contributed by atoms with van der Waals surface area (Å²) in [7, 11) is 1.61. The molecule has 168 valence electrons. The zero-order valence-electron chi connectivity index (χ0n) is 18.3. The molecule has 5 atom stereocenters. The van der Waals surface area contributed by atoms with E-state index >= 15 is 0 Å². The van der Waals surface area contributed by atoms with Crippen LogP contribution in [0.1, 0.15) is 58.3 Å². The topological polar surface area (TPSA) is 98.7 Å². The number of carbonyl (C=O) groups excluding carboxylic acids is 3. The van der Waals surface area contributed by atoms with Crippen LogP contribution in [0.2, 0.25) is 0 Å². The Morgan fingerprint density at radius 2 is 1.87 bits per heavy atom. The van der Waals surface area contributed by atoms with E-state index in [2.05, 4.69) is 10.6 Å². The minimum absolute atomic E-state index is 0.00500. The lowest BCUT2D eigenvalue weighted by Crippen LogP contribution is -2.50. The third kappa shape index (κ3) is 4.56. The van der Waals surface area contributed by atoms with Gasteiger partial charge in [-0.3, -0.25) is 14.4 Å². The molecular weight excluding hydrogens is 382 g/mol. The molecule has 0 unspecified atom stereocenters. The summed E-state index contributed by atoms with van der Waals surface area (Å²) in [6.07, 6.45) is 11.5. The van der Waals surface area contributed by atoms with Crippen molar-refractivity contribution in [2.75, 3.05) is 20.2 Å². The molecule has 1 heterocycles. The zero-order valence-corrected chi connectivity index (χ0v) is 18.3. The van der Waals surface area contributed by atoms with Crippen LogP contribution in [0.5, 0.6) is 0 Å². The highest BCUT2D eigenvalue weighted by Gasteiger charge is 2.56. The lowest BCUT2D eigenvalue weighted by Gasteiger charge is -2.34. The molecule has 1 saturated heterocycles. The Morgan fingerprint density at radius 3 is 2.50 bits per heavy atom. The second-order valence-corrected chi connectivity index (χ2v) is 8.95. The van der Waals surface area contributed by atoms with Gasteiger partial charge in [0.05, 0.1) is 11.8 Å². The highest BCUT2D eigenvalue weighted by atomic mass is 16.3. The minimum Gasteiger partial charge on any atom is -0.396 e. The van der Waals surface area contributed by atoms with Gasteiger partial charge in [0.15, 0.2) is 0 Å². The highest BCUT2D eigenvalue weighted by molar-refractivity contribution is 5.96. The van der Waals surface area contributed by atoms with Crippen LogP contribution in [0, 0.1) is 23.7 Å². The molecule has 3 N–H and O–H groups in total. The van der Waals surface area contributed by atoms with Crippen molar-refractivity contribution in [1.82, 2.24) is 15.5 Å². The molecule has 3 aliphatic rings. The summed E-state index contributed by atoms with van der Waals surface area (Å²) in [5.41, 5.74) is 0. The highest BCUT2D eigenvalue weighted by Crippen LogP contribution is 2.45. The molecule has 0 aromatic rings. The van der Waals surface area contributed by atoms with E-state index in [9.17, 15) is 19.5 Å². The van der Waals surface area contributed by atoms with E-state index in [0.29, 0.717) is 19.4 Å². The lowest BCUT2D eigenvalue weighted by atomic mass is 9.68. The first kappa shape index (κ1) is 22.8. The van der Waals surface area contributed by atoms with Crippen molar-refractivity contribution in [2.24, 2.45) is 23.7 Å². The number of rotatable bonds is 8. The molecule has 0 aromatic heterocycles. The number of aliphatic hydroxyl groups excluding tert-OH is 1. The molecule has 30 heavy (non-hydrogen) atoms. The molecule has 1 aliphatic heterocycles. The van der Waals surface area contributed by atoms with Crippen LogP contribution in [0.3, 0.4) is 0 Å². The molecule has 2 fully saturated rings. The van der Waals surface area contributed by atoms with Crippen molar-refractivity contribution < 1.29 is 19.5 Å². The first-order valence-corrected chi connectivity index (χ1v) is 11.6. The molecule has 3 amide bonds.